The lowest BCUT2D eigenvalue weighted by atomic mass is 10.1. The molecule has 0 aromatic rings. The van der Waals surface area contributed by atoms with Crippen molar-refractivity contribution >= 4 is 11.8 Å². The molecule has 1 saturated heterocycles. The molecule has 0 bridgehead atoms. The van der Waals surface area contributed by atoms with E-state index in [1.54, 1.807) is 0 Å². The van der Waals surface area contributed by atoms with Gasteiger partial charge in [-0.15, -0.1) is 6.42 Å². The van der Waals surface area contributed by atoms with Crippen molar-refractivity contribution in [3.05, 3.63) is 0 Å². The number of thioether (sulfide) groups is 1. The maximum atomic E-state index is 5.38. The van der Waals surface area contributed by atoms with Gasteiger partial charge in [0.2, 0.25) is 0 Å². The Hall–Kier alpha value is -0.130. The zero-order valence-electron chi connectivity index (χ0n) is 8.38. The molecule has 1 N–H and O–H groups in total. The van der Waals surface area contributed by atoms with Gasteiger partial charge in [-0.3, -0.25) is 0 Å². The van der Waals surface area contributed by atoms with Crippen LogP contribution in [-0.2, 0) is 0 Å². The second-order valence-corrected chi connectivity index (χ2v) is 4.93. The fourth-order valence-electron chi connectivity index (χ4n) is 1.56. The standard InChI is InChI=1S/C11H19NS/c1-3-10(4-2)12-9-11-7-5-6-8-13-11/h1,10-12H,4-9H2,2H3. The van der Waals surface area contributed by atoms with E-state index in [9.17, 15) is 0 Å². The summed E-state index contributed by atoms with van der Waals surface area (Å²) in [6.07, 6.45) is 10.6. The molecule has 0 amide bonds. The Bertz CT molecular complexity index is 167. The van der Waals surface area contributed by atoms with Gasteiger partial charge >= 0.3 is 0 Å². The summed E-state index contributed by atoms with van der Waals surface area (Å²) in [5.41, 5.74) is 0. The molecule has 0 aromatic heterocycles. The number of nitrogens with one attached hydrogen (secondary N) is 1. The van der Waals surface area contributed by atoms with Crippen molar-refractivity contribution in [1.29, 1.82) is 0 Å². The van der Waals surface area contributed by atoms with Gasteiger partial charge < -0.3 is 5.32 Å². The van der Waals surface area contributed by atoms with Crippen molar-refractivity contribution in [2.45, 2.75) is 43.9 Å². The predicted molar refractivity (Wildman–Crippen MR) is 61.0 cm³/mol. The Balaban J connectivity index is 2.13. The molecule has 0 aromatic carbocycles. The highest BCUT2D eigenvalue weighted by Gasteiger charge is 2.14. The Morgan fingerprint density at radius 1 is 1.62 bits per heavy atom. The van der Waals surface area contributed by atoms with Crippen LogP contribution < -0.4 is 5.32 Å². The molecule has 1 rings (SSSR count). The molecule has 0 aliphatic carbocycles. The summed E-state index contributed by atoms with van der Waals surface area (Å²) in [4.78, 5) is 0. The molecule has 1 nitrogen and oxygen atoms in total. The van der Waals surface area contributed by atoms with Crippen molar-refractivity contribution in [2.24, 2.45) is 0 Å². The Morgan fingerprint density at radius 3 is 3.00 bits per heavy atom. The van der Waals surface area contributed by atoms with E-state index in [0.717, 1.165) is 18.2 Å². The molecule has 1 aliphatic heterocycles. The smallest absolute Gasteiger partial charge is 0.0684 e. The van der Waals surface area contributed by atoms with Crippen molar-refractivity contribution in [1.82, 2.24) is 5.32 Å². The van der Waals surface area contributed by atoms with E-state index in [1.165, 1.54) is 25.0 Å². The molecule has 1 fully saturated rings. The molecular formula is C11H19NS. The largest absolute Gasteiger partial charge is 0.303 e. The molecule has 0 spiro atoms. The van der Waals surface area contributed by atoms with Crippen molar-refractivity contribution < 1.29 is 0 Å². The van der Waals surface area contributed by atoms with E-state index in [2.05, 4.69) is 29.9 Å². The summed E-state index contributed by atoms with van der Waals surface area (Å²) in [6.45, 7) is 3.22. The van der Waals surface area contributed by atoms with Crippen LogP contribution in [0.4, 0.5) is 0 Å². The van der Waals surface area contributed by atoms with Gasteiger partial charge in [0.1, 0.15) is 0 Å². The van der Waals surface area contributed by atoms with Gasteiger partial charge in [-0.1, -0.05) is 19.3 Å². The Labute approximate surface area is 86.1 Å². The number of hydrogen-bond donors (Lipinski definition) is 1. The lowest BCUT2D eigenvalue weighted by Gasteiger charge is -2.22. The molecule has 1 aliphatic rings. The first kappa shape index (κ1) is 10.9. The van der Waals surface area contributed by atoms with Crippen molar-refractivity contribution in [2.75, 3.05) is 12.3 Å². The van der Waals surface area contributed by atoms with Crippen LogP contribution in [0.15, 0.2) is 0 Å². The van der Waals surface area contributed by atoms with Crippen LogP contribution in [0.3, 0.4) is 0 Å². The summed E-state index contributed by atoms with van der Waals surface area (Å²) in [7, 11) is 0. The molecule has 2 atom stereocenters. The fourth-order valence-corrected chi connectivity index (χ4v) is 2.81. The van der Waals surface area contributed by atoms with E-state index >= 15 is 0 Å². The van der Waals surface area contributed by atoms with E-state index in [1.807, 2.05) is 0 Å². The minimum atomic E-state index is 0.280. The van der Waals surface area contributed by atoms with E-state index in [-0.39, 0.29) is 6.04 Å². The Morgan fingerprint density at radius 2 is 2.46 bits per heavy atom. The summed E-state index contributed by atoms with van der Waals surface area (Å²) >= 11 is 2.10. The predicted octanol–water partition coefficient (Wildman–Crippen LogP) is 2.27. The topological polar surface area (TPSA) is 12.0 Å². The summed E-state index contributed by atoms with van der Waals surface area (Å²) in [5, 5.41) is 4.23. The van der Waals surface area contributed by atoms with Gasteiger partial charge in [0, 0.05) is 11.8 Å². The summed E-state index contributed by atoms with van der Waals surface area (Å²) < 4.78 is 0. The maximum Gasteiger partial charge on any atom is 0.0684 e. The SMILES string of the molecule is C#CC(CC)NCC1CCCCS1. The Kier molecular flexibility index (Phi) is 5.34. The van der Waals surface area contributed by atoms with E-state index in [4.69, 9.17) is 6.42 Å². The molecule has 0 radical (unpaired) electrons. The summed E-state index contributed by atoms with van der Waals surface area (Å²) in [6, 6.07) is 0.280. The van der Waals surface area contributed by atoms with Crippen LogP contribution >= 0.6 is 11.8 Å². The van der Waals surface area contributed by atoms with Crippen LogP contribution in [-0.4, -0.2) is 23.6 Å². The molecular weight excluding hydrogens is 178 g/mol. The maximum absolute atomic E-state index is 5.38. The third kappa shape index (κ3) is 4.06. The third-order valence-electron chi connectivity index (χ3n) is 2.48. The fraction of sp³-hybridized carbons (Fsp3) is 0.818. The first-order valence-corrected chi connectivity index (χ1v) is 6.22. The first-order valence-electron chi connectivity index (χ1n) is 5.18. The van der Waals surface area contributed by atoms with Crippen LogP contribution in [0, 0.1) is 12.3 Å². The zero-order valence-corrected chi connectivity index (χ0v) is 9.20. The van der Waals surface area contributed by atoms with Crippen molar-refractivity contribution in [3.8, 4) is 12.3 Å². The average Bonchev–Trinajstić information content (AvgIpc) is 2.21. The number of rotatable bonds is 4. The first-order chi connectivity index (χ1) is 6.36. The van der Waals surface area contributed by atoms with Gasteiger partial charge in [-0.2, -0.15) is 11.8 Å². The second kappa shape index (κ2) is 6.34. The van der Waals surface area contributed by atoms with Crippen LogP contribution in [0.25, 0.3) is 0 Å². The van der Waals surface area contributed by atoms with Gasteiger partial charge in [0.15, 0.2) is 0 Å². The lowest BCUT2D eigenvalue weighted by Crippen LogP contribution is -2.34. The molecule has 0 saturated carbocycles. The normalized spacial score (nSPS) is 25.1. The molecule has 2 unspecified atom stereocenters. The zero-order chi connectivity index (χ0) is 9.52. The highest BCUT2D eigenvalue weighted by molar-refractivity contribution is 7.99. The van der Waals surface area contributed by atoms with E-state index < -0.39 is 0 Å². The van der Waals surface area contributed by atoms with Crippen LogP contribution in [0.1, 0.15) is 32.6 Å². The minimum Gasteiger partial charge on any atom is -0.303 e. The van der Waals surface area contributed by atoms with Gasteiger partial charge in [0.25, 0.3) is 0 Å². The molecule has 2 heteroatoms. The molecule has 74 valence electrons. The average molecular weight is 197 g/mol. The number of terminal acetylenes is 1. The van der Waals surface area contributed by atoms with Gasteiger partial charge in [-0.05, 0) is 25.0 Å². The monoisotopic (exact) mass is 197 g/mol. The number of hydrogen-bond acceptors (Lipinski definition) is 2. The van der Waals surface area contributed by atoms with Crippen molar-refractivity contribution in [3.63, 3.8) is 0 Å². The minimum absolute atomic E-state index is 0.280. The lowest BCUT2D eigenvalue weighted by molar-refractivity contribution is 0.552. The van der Waals surface area contributed by atoms with E-state index in [0.29, 0.717) is 0 Å². The quantitative estimate of drug-likeness (QED) is 0.694. The van der Waals surface area contributed by atoms with Gasteiger partial charge in [0.05, 0.1) is 6.04 Å². The molecule has 1 heterocycles. The summed E-state index contributed by atoms with van der Waals surface area (Å²) in [5.74, 6) is 4.10. The highest BCUT2D eigenvalue weighted by Crippen LogP contribution is 2.24. The van der Waals surface area contributed by atoms with Crippen LogP contribution in [0.5, 0.6) is 0 Å². The van der Waals surface area contributed by atoms with Gasteiger partial charge in [-0.25, -0.2) is 0 Å². The second-order valence-electron chi connectivity index (χ2n) is 3.52. The third-order valence-corrected chi connectivity index (χ3v) is 3.87. The van der Waals surface area contributed by atoms with Crippen LogP contribution in [0.2, 0.25) is 0 Å². The highest BCUT2D eigenvalue weighted by atomic mass is 32.2. The molecule has 13 heavy (non-hydrogen) atoms.